The van der Waals surface area contributed by atoms with Gasteiger partial charge in [-0.3, -0.25) is 19.7 Å². The van der Waals surface area contributed by atoms with Gasteiger partial charge in [0.15, 0.2) is 11.5 Å². The summed E-state index contributed by atoms with van der Waals surface area (Å²) < 4.78 is 10.7. The number of hydrogen-bond acceptors (Lipinski definition) is 6. The molecular weight excluding hydrogens is 366 g/mol. The van der Waals surface area contributed by atoms with Crippen LogP contribution in [0.5, 0.6) is 11.5 Å². The van der Waals surface area contributed by atoms with Gasteiger partial charge in [-0.1, -0.05) is 17.7 Å². The fraction of sp³-hybridized carbons (Fsp3) is 0.263. The van der Waals surface area contributed by atoms with Crippen LogP contribution in [0.15, 0.2) is 36.4 Å². The van der Waals surface area contributed by atoms with Gasteiger partial charge in [-0.05, 0) is 19.1 Å². The van der Waals surface area contributed by atoms with E-state index in [4.69, 9.17) is 9.47 Å². The monoisotopic (exact) mass is 385 g/mol. The summed E-state index contributed by atoms with van der Waals surface area (Å²) in [4.78, 5) is 36.8. The minimum absolute atomic E-state index is 0.167. The van der Waals surface area contributed by atoms with Crippen LogP contribution in [0, 0.1) is 17.0 Å². The van der Waals surface area contributed by atoms with Crippen LogP contribution in [0.4, 0.5) is 11.4 Å². The molecule has 28 heavy (non-hydrogen) atoms. The molecule has 0 bridgehead atoms. The number of hydrogen-bond donors (Lipinski definition) is 1. The number of anilines is 1. The molecular formula is C19H19N3O6. The quantitative estimate of drug-likeness (QED) is 0.625. The van der Waals surface area contributed by atoms with Gasteiger partial charge in [0.2, 0.25) is 5.91 Å². The number of carbonyl (C=O) groups excluding carboxylic acids is 2. The molecule has 1 aliphatic rings. The zero-order chi connectivity index (χ0) is 20.3. The van der Waals surface area contributed by atoms with Crippen LogP contribution in [-0.2, 0) is 4.79 Å². The lowest BCUT2D eigenvalue weighted by Crippen LogP contribution is -2.35. The Balaban J connectivity index is 1.76. The summed E-state index contributed by atoms with van der Waals surface area (Å²) in [5, 5.41) is 14.1. The maximum absolute atomic E-state index is 12.7. The highest BCUT2D eigenvalue weighted by Gasteiger charge is 2.28. The SMILES string of the molecule is Cc1ccc(NC(=O)CN(C)C(=O)c2cc3c(cc2[N+](=O)[O-])OCCO3)cc1. The number of fused-ring (bicyclic) bond motifs is 1. The van der Waals surface area contributed by atoms with Crippen molar-refractivity contribution in [3.05, 3.63) is 57.6 Å². The van der Waals surface area contributed by atoms with E-state index in [-0.39, 0.29) is 36.8 Å². The van der Waals surface area contributed by atoms with Gasteiger partial charge < -0.3 is 19.7 Å². The molecule has 9 nitrogen and oxygen atoms in total. The molecule has 0 spiro atoms. The third kappa shape index (κ3) is 4.20. The summed E-state index contributed by atoms with van der Waals surface area (Å²) in [5.74, 6) is -0.602. The number of nitrogens with one attached hydrogen (secondary N) is 1. The molecule has 1 heterocycles. The van der Waals surface area contributed by atoms with Crippen molar-refractivity contribution in [3.63, 3.8) is 0 Å². The lowest BCUT2D eigenvalue weighted by molar-refractivity contribution is -0.385. The highest BCUT2D eigenvalue weighted by Crippen LogP contribution is 2.37. The molecule has 1 N–H and O–H groups in total. The first-order chi connectivity index (χ1) is 13.3. The average molecular weight is 385 g/mol. The van der Waals surface area contributed by atoms with Crippen LogP contribution in [0.1, 0.15) is 15.9 Å². The number of amides is 2. The predicted octanol–water partition coefficient (Wildman–Crippen LogP) is 2.39. The molecule has 0 aliphatic carbocycles. The van der Waals surface area contributed by atoms with Crippen LogP contribution in [0.25, 0.3) is 0 Å². The Bertz CT molecular complexity index is 926. The second kappa shape index (κ2) is 7.95. The van der Waals surface area contributed by atoms with Gasteiger partial charge in [0.05, 0.1) is 17.5 Å². The third-order valence-corrected chi connectivity index (χ3v) is 4.15. The molecule has 0 unspecified atom stereocenters. The summed E-state index contributed by atoms with van der Waals surface area (Å²) in [6, 6.07) is 9.65. The summed E-state index contributed by atoms with van der Waals surface area (Å²) in [6.07, 6.45) is 0. The summed E-state index contributed by atoms with van der Waals surface area (Å²) >= 11 is 0. The average Bonchev–Trinajstić information content (AvgIpc) is 2.68. The van der Waals surface area contributed by atoms with Crippen molar-refractivity contribution in [2.75, 3.05) is 32.1 Å². The van der Waals surface area contributed by atoms with E-state index in [0.29, 0.717) is 5.69 Å². The smallest absolute Gasteiger partial charge is 0.286 e. The number of benzene rings is 2. The number of nitro benzene ring substituents is 1. The molecule has 0 atom stereocenters. The number of ether oxygens (including phenoxy) is 2. The van der Waals surface area contributed by atoms with Crippen molar-refractivity contribution in [2.24, 2.45) is 0 Å². The fourth-order valence-corrected chi connectivity index (χ4v) is 2.73. The molecule has 0 saturated carbocycles. The zero-order valence-corrected chi connectivity index (χ0v) is 15.4. The van der Waals surface area contributed by atoms with Gasteiger partial charge in [0.1, 0.15) is 18.8 Å². The van der Waals surface area contributed by atoms with E-state index < -0.39 is 22.4 Å². The highest BCUT2D eigenvalue weighted by molar-refractivity contribution is 6.02. The van der Waals surface area contributed by atoms with Gasteiger partial charge in [0, 0.05) is 18.8 Å². The molecule has 3 rings (SSSR count). The number of rotatable bonds is 5. The van der Waals surface area contributed by atoms with Gasteiger partial charge in [0.25, 0.3) is 11.6 Å². The Hall–Kier alpha value is -3.62. The molecule has 9 heteroatoms. The zero-order valence-electron chi connectivity index (χ0n) is 15.4. The van der Waals surface area contributed by atoms with Gasteiger partial charge in [-0.2, -0.15) is 0 Å². The van der Waals surface area contributed by atoms with E-state index in [2.05, 4.69) is 5.32 Å². The number of carbonyl (C=O) groups is 2. The molecule has 146 valence electrons. The number of likely N-dealkylation sites (N-methyl/N-ethyl adjacent to an activating group) is 1. The van der Waals surface area contributed by atoms with Crippen molar-refractivity contribution in [3.8, 4) is 11.5 Å². The van der Waals surface area contributed by atoms with Gasteiger partial charge in [-0.25, -0.2) is 0 Å². The normalized spacial score (nSPS) is 12.2. The topological polar surface area (TPSA) is 111 Å². The summed E-state index contributed by atoms with van der Waals surface area (Å²) in [5.41, 5.74) is 1.08. The molecule has 0 radical (unpaired) electrons. The molecule has 1 aliphatic heterocycles. The largest absolute Gasteiger partial charge is 0.486 e. The highest BCUT2D eigenvalue weighted by atomic mass is 16.6. The van der Waals surface area contributed by atoms with Crippen molar-refractivity contribution in [1.29, 1.82) is 0 Å². The molecule has 2 aromatic carbocycles. The molecule has 2 amide bonds. The van der Waals surface area contributed by atoms with E-state index in [0.717, 1.165) is 10.5 Å². The Morgan fingerprint density at radius 2 is 1.75 bits per heavy atom. The first kappa shape index (κ1) is 19.2. The van der Waals surface area contributed by atoms with E-state index in [9.17, 15) is 19.7 Å². The van der Waals surface area contributed by atoms with Crippen molar-refractivity contribution in [1.82, 2.24) is 4.90 Å². The summed E-state index contributed by atoms with van der Waals surface area (Å²) in [7, 11) is 1.40. The van der Waals surface area contributed by atoms with Gasteiger partial charge >= 0.3 is 0 Å². The van der Waals surface area contributed by atoms with E-state index in [1.54, 1.807) is 12.1 Å². The Kier molecular flexibility index (Phi) is 5.44. The molecule has 0 saturated heterocycles. The van der Waals surface area contributed by atoms with E-state index in [1.807, 2.05) is 19.1 Å². The predicted molar refractivity (Wildman–Crippen MR) is 101 cm³/mol. The Morgan fingerprint density at radius 3 is 2.36 bits per heavy atom. The second-order valence-corrected chi connectivity index (χ2v) is 6.35. The maximum atomic E-state index is 12.7. The minimum Gasteiger partial charge on any atom is -0.486 e. The minimum atomic E-state index is -0.664. The second-order valence-electron chi connectivity index (χ2n) is 6.35. The van der Waals surface area contributed by atoms with Crippen LogP contribution in [0.2, 0.25) is 0 Å². The Morgan fingerprint density at radius 1 is 1.14 bits per heavy atom. The number of nitrogens with zero attached hydrogens (tertiary/aromatic N) is 2. The van der Waals surface area contributed by atoms with Crippen LogP contribution >= 0.6 is 0 Å². The first-order valence-corrected chi connectivity index (χ1v) is 8.55. The van der Waals surface area contributed by atoms with Crippen LogP contribution in [0.3, 0.4) is 0 Å². The molecule has 2 aromatic rings. The lowest BCUT2D eigenvalue weighted by Gasteiger charge is -2.21. The first-order valence-electron chi connectivity index (χ1n) is 8.55. The number of nitro groups is 1. The fourth-order valence-electron chi connectivity index (χ4n) is 2.73. The van der Waals surface area contributed by atoms with Crippen molar-refractivity contribution >= 4 is 23.2 Å². The standard InChI is InChI=1S/C19H19N3O6/c1-12-3-5-13(6-4-12)20-18(23)11-21(2)19(24)14-9-16-17(28-8-7-27-16)10-15(14)22(25)26/h3-6,9-10H,7-8,11H2,1-2H3,(H,20,23). The van der Waals surface area contributed by atoms with Crippen LogP contribution < -0.4 is 14.8 Å². The summed E-state index contributed by atoms with van der Waals surface area (Å²) in [6.45, 7) is 2.22. The number of aryl methyl sites for hydroxylation is 1. The lowest BCUT2D eigenvalue weighted by atomic mass is 10.1. The third-order valence-electron chi connectivity index (χ3n) is 4.15. The van der Waals surface area contributed by atoms with Crippen molar-refractivity contribution in [2.45, 2.75) is 6.92 Å². The van der Waals surface area contributed by atoms with E-state index >= 15 is 0 Å². The van der Waals surface area contributed by atoms with E-state index in [1.165, 1.54) is 19.2 Å². The Labute approximate surface area is 161 Å². The van der Waals surface area contributed by atoms with Crippen LogP contribution in [-0.4, -0.2) is 48.4 Å². The van der Waals surface area contributed by atoms with Crippen molar-refractivity contribution < 1.29 is 24.0 Å². The van der Waals surface area contributed by atoms with Gasteiger partial charge in [-0.15, -0.1) is 0 Å². The molecule has 0 aromatic heterocycles. The molecule has 0 fully saturated rings. The maximum Gasteiger partial charge on any atom is 0.286 e.